The van der Waals surface area contributed by atoms with Gasteiger partial charge in [0, 0.05) is 6.54 Å². The fourth-order valence-corrected chi connectivity index (χ4v) is 2.74. The lowest BCUT2D eigenvalue weighted by Crippen LogP contribution is -2.09. The maximum absolute atomic E-state index is 12.7. The van der Waals surface area contributed by atoms with Gasteiger partial charge in [0.25, 0.3) is 0 Å². The number of benzene rings is 1. The van der Waals surface area contributed by atoms with E-state index in [0.717, 1.165) is 17.0 Å². The Morgan fingerprint density at radius 3 is 2.65 bits per heavy atom. The Morgan fingerprint density at radius 1 is 1.30 bits per heavy atom. The van der Waals surface area contributed by atoms with Crippen LogP contribution in [0, 0.1) is 6.92 Å². The third-order valence-corrected chi connectivity index (χ3v) is 3.93. The van der Waals surface area contributed by atoms with Crippen LogP contribution in [0.1, 0.15) is 22.6 Å². The van der Waals surface area contributed by atoms with Gasteiger partial charge in [-0.05, 0) is 37.0 Å². The molecule has 0 fully saturated rings. The standard InChI is InChI=1S/C16H16F3N3S/c1-4-13-14(23-3)15(22-10(2)21-13)20-9-11-6-5-7-12(8-11)16(17,18)19/h4-8H,1,9H2,2-3H3,(H,20,21,22). The van der Waals surface area contributed by atoms with Crippen molar-refractivity contribution in [2.75, 3.05) is 11.6 Å². The molecule has 3 nitrogen and oxygen atoms in total. The monoisotopic (exact) mass is 339 g/mol. The van der Waals surface area contributed by atoms with Gasteiger partial charge < -0.3 is 5.32 Å². The second kappa shape index (κ2) is 7.04. The molecule has 0 saturated heterocycles. The molecule has 0 aliphatic carbocycles. The number of anilines is 1. The van der Waals surface area contributed by atoms with E-state index in [2.05, 4.69) is 21.9 Å². The average molecular weight is 339 g/mol. The number of halogens is 3. The van der Waals surface area contributed by atoms with E-state index in [1.807, 2.05) is 6.26 Å². The molecule has 0 bridgehead atoms. The minimum absolute atomic E-state index is 0.241. The summed E-state index contributed by atoms with van der Waals surface area (Å²) in [6.45, 7) is 5.72. The number of thioether (sulfide) groups is 1. The van der Waals surface area contributed by atoms with Gasteiger partial charge in [-0.2, -0.15) is 13.2 Å². The highest BCUT2D eigenvalue weighted by Crippen LogP contribution is 2.30. The number of rotatable bonds is 5. The van der Waals surface area contributed by atoms with Crippen LogP contribution < -0.4 is 5.32 Å². The molecule has 0 saturated carbocycles. The lowest BCUT2D eigenvalue weighted by atomic mass is 10.1. The summed E-state index contributed by atoms with van der Waals surface area (Å²) in [5, 5.41) is 3.09. The summed E-state index contributed by atoms with van der Waals surface area (Å²) < 4.78 is 38.2. The van der Waals surface area contributed by atoms with Gasteiger partial charge in [-0.15, -0.1) is 11.8 Å². The number of hydrogen-bond acceptors (Lipinski definition) is 4. The predicted molar refractivity (Wildman–Crippen MR) is 87.4 cm³/mol. The Balaban J connectivity index is 2.25. The van der Waals surface area contributed by atoms with Crippen LogP contribution in [0.15, 0.2) is 35.7 Å². The van der Waals surface area contributed by atoms with E-state index in [1.165, 1.54) is 17.8 Å². The Morgan fingerprint density at radius 2 is 2.04 bits per heavy atom. The van der Waals surface area contributed by atoms with Gasteiger partial charge in [0.2, 0.25) is 0 Å². The van der Waals surface area contributed by atoms with E-state index >= 15 is 0 Å². The molecule has 2 rings (SSSR count). The first-order valence-electron chi connectivity index (χ1n) is 6.80. The lowest BCUT2D eigenvalue weighted by Gasteiger charge is -2.13. The maximum Gasteiger partial charge on any atom is 0.416 e. The summed E-state index contributed by atoms with van der Waals surface area (Å²) in [5.74, 6) is 1.17. The van der Waals surface area contributed by atoms with Crippen molar-refractivity contribution < 1.29 is 13.2 Å². The number of hydrogen-bond donors (Lipinski definition) is 1. The fraction of sp³-hybridized carbons (Fsp3) is 0.250. The van der Waals surface area contributed by atoms with Crippen LogP contribution in [-0.2, 0) is 12.7 Å². The van der Waals surface area contributed by atoms with Gasteiger partial charge >= 0.3 is 6.18 Å². The molecule has 0 aliphatic heterocycles. The number of nitrogens with one attached hydrogen (secondary N) is 1. The van der Waals surface area contributed by atoms with E-state index in [9.17, 15) is 13.2 Å². The second-order valence-electron chi connectivity index (χ2n) is 4.79. The van der Waals surface area contributed by atoms with Gasteiger partial charge in [-0.1, -0.05) is 18.7 Å². The van der Waals surface area contributed by atoms with Crippen LogP contribution in [0.2, 0.25) is 0 Å². The van der Waals surface area contributed by atoms with Gasteiger partial charge in [0.1, 0.15) is 11.6 Å². The van der Waals surface area contributed by atoms with E-state index < -0.39 is 11.7 Å². The molecule has 122 valence electrons. The summed E-state index contributed by atoms with van der Waals surface area (Å²) in [7, 11) is 0. The van der Waals surface area contributed by atoms with Crippen LogP contribution >= 0.6 is 11.8 Å². The third kappa shape index (κ3) is 4.25. The summed E-state index contributed by atoms with van der Waals surface area (Å²) in [5.41, 5.74) is 0.576. The first-order valence-corrected chi connectivity index (χ1v) is 8.02. The van der Waals surface area contributed by atoms with Crippen LogP contribution in [0.4, 0.5) is 19.0 Å². The zero-order valence-electron chi connectivity index (χ0n) is 12.7. The van der Waals surface area contributed by atoms with Gasteiger partial charge in [0.15, 0.2) is 0 Å². The van der Waals surface area contributed by atoms with Crippen molar-refractivity contribution in [3.63, 3.8) is 0 Å². The highest BCUT2D eigenvalue weighted by molar-refractivity contribution is 7.98. The summed E-state index contributed by atoms with van der Waals surface area (Å²) in [4.78, 5) is 9.43. The molecule has 7 heteroatoms. The second-order valence-corrected chi connectivity index (χ2v) is 5.61. The molecule has 0 radical (unpaired) electrons. The molecule has 0 spiro atoms. The number of aromatic nitrogens is 2. The molecule has 2 aromatic rings. The Bertz CT molecular complexity index is 714. The molecule has 1 heterocycles. The van der Waals surface area contributed by atoms with E-state index in [1.54, 1.807) is 19.1 Å². The molecule has 1 aromatic heterocycles. The Labute approximate surface area is 137 Å². The Hall–Kier alpha value is -2.02. The molecular weight excluding hydrogens is 323 g/mol. The van der Waals surface area contributed by atoms with Crippen molar-refractivity contribution in [2.24, 2.45) is 0 Å². The van der Waals surface area contributed by atoms with Crippen molar-refractivity contribution in [2.45, 2.75) is 24.5 Å². The van der Waals surface area contributed by atoms with Crippen LogP contribution in [0.5, 0.6) is 0 Å². The third-order valence-electron chi connectivity index (χ3n) is 3.12. The van der Waals surface area contributed by atoms with Crippen molar-refractivity contribution in [3.8, 4) is 0 Å². The van der Waals surface area contributed by atoms with E-state index in [-0.39, 0.29) is 6.54 Å². The zero-order chi connectivity index (χ0) is 17.0. The van der Waals surface area contributed by atoms with Crippen LogP contribution in [0.25, 0.3) is 6.08 Å². The first kappa shape index (κ1) is 17.3. The molecule has 1 aromatic carbocycles. The van der Waals surface area contributed by atoms with Crippen LogP contribution in [0.3, 0.4) is 0 Å². The molecular formula is C16H16F3N3S. The number of nitrogens with zero attached hydrogens (tertiary/aromatic N) is 2. The minimum atomic E-state index is -4.35. The SMILES string of the molecule is C=Cc1nc(C)nc(NCc2cccc(C(F)(F)F)c2)c1SC. The van der Waals surface area contributed by atoms with Crippen molar-refractivity contribution >= 4 is 23.7 Å². The Kier molecular flexibility index (Phi) is 5.30. The first-order chi connectivity index (χ1) is 10.8. The highest BCUT2D eigenvalue weighted by Gasteiger charge is 2.30. The largest absolute Gasteiger partial charge is 0.416 e. The summed E-state index contributed by atoms with van der Waals surface area (Å²) in [6.07, 6.45) is -0.825. The van der Waals surface area contributed by atoms with Gasteiger partial charge in [0.05, 0.1) is 16.2 Å². The van der Waals surface area contributed by atoms with Crippen molar-refractivity contribution in [1.82, 2.24) is 9.97 Å². The van der Waals surface area contributed by atoms with Crippen molar-refractivity contribution in [3.05, 3.63) is 53.5 Å². The smallest absolute Gasteiger partial charge is 0.365 e. The highest BCUT2D eigenvalue weighted by atomic mass is 32.2. The quantitative estimate of drug-likeness (QED) is 0.796. The number of aryl methyl sites for hydroxylation is 1. The minimum Gasteiger partial charge on any atom is -0.365 e. The molecule has 0 atom stereocenters. The van der Waals surface area contributed by atoms with E-state index in [4.69, 9.17) is 0 Å². The molecule has 1 N–H and O–H groups in total. The number of alkyl halides is 3. The van der Waals surface area contributed by atoms with E-state index in [0.29, 0.717) is 22.9 Å². The van der Waals surface area contributed by atoms with Gasteiger partial charge in [-0.25, -0.2) is 9.97 Å². The summed E-state index contributed by atoms with van der Waals surface area (Å²) in [6, 6.07) is 5.23. The van der Waals surface area contributed by atoms with Crippen LogP contribution in [-0.4, -0.2) is 16.2 Å². The molecule has 0 amide bonds. The predicted octanol–water partition coefficient (Wildman–Crippen LogP) is 4.78. The zero-order valence-corrected chi connectivity index (χ0v) is 13.6. The summed E-state index contributed by atoms with van der Waals surface area (Å²) >= 11 is 1.46. The maximum atomic E-state index is 12.7. The molecule has 0 aliphatic rings. The molecule has 23 heavy (non-hydrogen) atoms. The topological polar surface area (TPSA) is 37.8 Å². The fourth-order valence-electron chi connectivity index (χ4n) is 2.09. The van der Waals surface area contributed by atoms with Crippen molar-refractivity contribution in [1.29, 1.82) is 0 Å². The lowest BCUT2D eigenvalue weighted by molar-refractivity contribution is -0.137. The molecule has 0 unspecified atom stereocenters. The van der Waals surface area contributed by atoms with Gasteiger partial charge in [-0.3, -0.25) is 0 Å². The normalized spacial score (nSPS) is 11.3. The average Bonchev–Trinajstić information content (AvgIpc) is 2.51.